The van der Waals surface area contributed by atoms with E-state index in [0.717, 1.165) is 0 Å². The molecule has 44 valence electrons. The zero-order valence-corrected chi connectivity index (χ0v) is 7.76. The van der Waals surface area contributed by atoms with E-state index in [-0.39, 0.29) is 25.2 Å². The molecule has 0 amide bonds. The summed E-state index contributed by atoms with van der Waals surface area (Å²) >= 11 is 0. The van der Waals surface area contributed by atoms with Crippen LogP contribution in [-0.4, -0.2) is 10.1 Å². The Balaban J connectivity index is 0.000000640. The molecule has 0 radical (unpaired) electrons. The van der Waals surface area contributed by atoms with Gasteiger partial charge in [0, 0.05) is 25.7 Å². The normalized spacial score (nSPS) is 8.00. The fraction of sp³-hybridized carbons (Fsp3) is 0. The van der Waals surface area contributed by atoms with Crippen LogP contribution in [0.25, 0.3) is 0 Å². The zero-order valence-electron chi connectivity index (χ0n) is 4.79. The zero-order chi connectivity index (χ0) is 5.98. The van der Waals surface area contributed by atoms with Gasteiger partial charge in [-0.05, 0) is 12.1 Å². The second kappa shape index (κ2) is 3.41. The molecule has 0 aliphatic heterocycles. The van der Waals surface area contributed by atoms with Crippen molar-refractivity contribution in [3.63, 3.8) is 0 Å². The first-order valence-electron chi connectivity index (χ1n) is 2.17. The van der Waals surface area contributed by atoms with E-state index in [2.05, 4.69) is 4.98 Å². The molecular formula is C5H5NO2Zn. The van der Waals surface area contributed by atoms with Gasteiger partial charge in [-0.25, -0.2) is 0 Å². The quantitative estimate of drug-likeness (QED) is 0.550. The first-order valence-corrected chi connectivity index (χ1v) is 2.17. The SMILES string of the molecule is O=c1[nH]cccc1O.[Zn]. The van der Waals surface area contributed by atoms with Crippen molar-refractivity contribution in [3.05, 3.63) is 28.7 Å². The van der Waals surface area contributed by atoms with Gasteiger partial charge in [0.25, 0.3) is 5.56 Å². The molecule has 0 saturated carbocycles. The standard InChI is InChI=1S/C5H5NO2.Zn/c7-4-2-1-3-6-5(4)8;/h1-3,7H,(H,6,8);. The van der Waals surface area contributed by atoms with Gasteiger partial charge in [0.1, 0.15) is 0 Å². The average Bonchev–Trinajstić information content (AvgIpc) is 1.77. The number of rotatable bonds is 0. The van der Waals surface area contributed by atoms with Crippen LogP contribution in [0.4, 0.5) is 0 Å². The Morgan fingerprint density at radius 2 is 2.22 bits per heavy atom. The minimum absolute atomic E-state index is 0. The molecule has 4 heteroatoms. The van der Waals surface area contributed by atoms with Crippen LogP contribution in [0, 0.1) is 0 Å². The summed E-state index contributed by atoms with van der Waals surface area (Å²) in [6.07, 6.45) is 1.46. The Labute approximate surface area is 64.5 Å². The average molecular weight is 176 g/mol. The van der Waals surface area contributed by atoms with Gasteiger partial charge in [0.05, 0.1) is 0 Å². The maximum absolute atomic E-state index is 10.3. The van der Waals surface area contributed by atoms with Crippen molar-refractivity contribution in [3.8, 4) is 5.75 Å². The number of aromatic amines is 1. The van der Waals surface area contributed by atoms with Crippen LogP contribution in [0.3, 0.4) is 0 Å². The number of aromatic hydroxyl groups is 1. The van der Waals surface area contributed by atoms with Crippen LogP contribution in [0.2, 0.25) is 0 Å². The van der Waals surface area contributed by atoms with Crippen LogP contribution < -0.4 is 5.56 Å². The fourth-order valence-electron chi connectivity index (χ4n) is 0.413. The second-order valence-electron chi connectivity index (χ2n) is 1.38. The maximum atomic E-state index is 10.3. The molecule has 1 aromatic heterocycles. The first kappa shape index (κ1) is 8.37. The molecule has 0 fully saturated rings. The molecule has 9 heavy (non-hydrogen) atoms. The van der Waals surface area contributed by atoms with E-state index in [0.29, 0.717) is 0 Å². The summed E-state index contributed by atoms with van der Waals surface area (Å²) in [5, 5.41) is 8.58. The van der Waals surface area contributed by atoms with Crippen LogP contribution >= 0.6 is 0 Å². The molecular weight excluding hydrogens is 171 g/mol. The molecule has 1 rings (SSSR count). The third-order valence-corrected chi connectivity index (χ3v) is 0.797. The van der Waals surface area contributed by atoms with Crippen molar-refractivity contribution in [1.82, 2.24) is 4.98 Å². The number of nitrogens with one attached hydrogen (secondary N) is 1. The molecule has 0 saturated heterocycles. The van der Waals surface area contributed by atoms with Gasteiger partial charge >= 0.3 is 0 Å². The number of hydrogen-bond donors (Lipinski definition) is 2. The number of pyridine rings is 1. The molecule has 0 aromatic carbocycles. The number of H-pyrrole nitrogens is 1. The minimum atomic E-state index is -0.451. The Kier molecular flexibility index (Phi) is 3.17. The molecule has 0 atom stereocenters. The topological polar surface area (TPSA) is 53.1 Å². The summed E-state index contributed by atoms with van der Waals surface area (Å²) in [5.41, 5.74) is -0.451. The Bertz CT molecular complexity index is 232. The summed E-state index contributed by atoms with van der Waals surface area (Å²) in [5.74, 6) is -0.243. The van der Waals surface area contributed by atoms with Gasteiger partial charge in [-0.3, -0.25) is 4.79 Å². The fourth-order valence-corrected chi connectivity index (χ4v) is 0.413. The largest absolute Gasteiger partial charge is 0.503 e. The molecule has 3 nitrogen and oxygen atoms in total. The van der Waals surface area contributed by atoms with Crippen molar-refractivity contribution in [2.75, 3.05) is 0 Å². The number of aromatic nitrogens is 1. The molecule has 0 aliphatic carbocycles. The smallest absolute Gasteiger partial charge is 0.290 e. The number of hydrogen-bond acceptors (Lipinski definition) is 2. The Hall–Kier alpha value is -0.627. The predicted molar refractivity (Wildman–Crippen MR) is 28.7 cm³/mol. The van der Waals surface area contributed by atoms with Gasteiger partial charge in [-0.1, -0.05) is 0 Å². The van der Waals surface area contributed by atoms with E-state index in [4.69, 9.17) is 5.11 Å². The molecule has 0 spiro atoms. The van der Waals surface area contributed by atoms with Crippen molar-refractivity contribution >= 4 is 0 Å². The van der Waals surface area contributed by atoms with Gasteiger partial charge in [-0.2, -0.15) is 0 Å². The van der Waals surface area contributed by atoms with Gasteiger partial charge in [0.2, 0.25) is 0 Å². The summed E-state index contributed by atoms with van der Waals surface area (Å²) in [6.45, 7) is 0. The van der Waals surface area contributed by atoms with Crippen LogP contribution in [-0.2, 0) is 19.5 Å². The van der Waals surface area contributed by atoms with Crippen LogP contribution in [0.5, 0.6) is 5.75 Å². The maximum Gasteiger partial charge on any atom is 0.290 e. The van der Waals surface area contributed by atoms with Crippen LogP contribution in [0.1, 0.15) is 0 Å². The third kappa shape index (κ3) is 1.98. The van der Waals surface area contributed by atoms with E-state index in [9.17, 15) is 4.79 Å². The van der Waals surface area contributed by atoms with E-state index in [1.54, 1.807) is 6.07 Å². The van der Waals surface area contributed by atoms with Crippen LogP contribution in [0.15, 0.2) is 23.1 Å². The van der Waals surface area contributed by atoms with E-state index in [1.165, 1.54) is 12.3 Å². The van der Waals surface area contributed by atoms with E-state index >= 15 is 0 Å². The summed E-state index contributed by atoms with van der Waals surface area (Å²) in [7, 11) is 0. The van der Waals surface area contributed by atoms with Crippen molar-refractivity contribution < 1.29 is 24.6 Å². The Morgan fingerprint density at radius 3 is 2.56 bits per heavy atom. The minimum Gasteiger partial charge on any atom is -0.503 e. The van der Waals surface area contributed by atoms with Gasteiger partial charge in [-0.15, -0.1) is 0 Å². The summed E-state index contributed by atoms with van der Waals surface area (Å²) < 4.78 is 0. The molecule has 1 heterocycles. The molecule has 0 bridgehead atoms. The van der Waals surface area contributed by atoms with Crippen molar-refractivity contribution in [2.24, 2.45) is 0 Å². The molecule has 2 N–H and O–H groups in total. The van der Waals surface area contributed by atoms with Crippen molar-refractivity contribution in [1.29, 1.82) is 0 Å². The molecule has 1 aromatic rings. The summed E-state index contributed by atoms with van der Waals surface area (Å²) in [4.78, 5) is 12.6. The predicted octanol–water partition coefficient (Wildman–Crippen LogP) is 0.0780. The van der Waals surface area contributed by atoms with E-state index in [1.807, 2.05) is 0 Å². The molecule has 0 aliphatic rings. The third-order valence-electron chi connectivity index (χ3n) is 0.797. The summed E-state index contributed by atoms with van der Waals surface area (Å²) in [6, 6.07) is 2.88. The monoisotopic (exact) mass is 175 g/mol. The molecule has 0 unspecified atom stereocenters. The van der Waals surface area contributed by atoms with Crippen molar-refractivity contribution in [2.45, 2.75) is 0 Å². The Morgan fingerprint density at radius 1 is 1.56 bits per heavy atom. The second-order valence-corrected chi connectivity index (χ2v) is 1.38. The van der Waals surface area contributed by atoms with Gasteiger partial charge in [0.15, 0.2) is 5.75 Å². The first-order chi connectivity index (χ1) is 3.80. The van der Waals surface area contributed by atoms with Gasteiger partial charge < -0.3 is 10.1 Å². The van der Waals surface area contributed by atoms with E-state index < -0.39 is 5.56 Å².